The van der Waals surface area contributed by atoms with Gasteiger partial charge in [0.15, 0.2) is 0 Å². The number of hydrogen-bond acceptors (Lipinski definition) is 3. The first-order valence-corrected chi connectivity index (χ1v) is 7.32. The van der Waals surface area contributed by atoms with Crippen molar-refractivity contribution in [2.75, 3.05) is 14.2 Å². The minimum atomic E-state index is -0.628. The molecule has 2 aromatic rings. The van der Waals surface area contributed by atoms with Gasteiger partial charge in [0, 0.05) is 10.6 Å². The van der Waals surface area contributed by atoms with Crippen LogP contribution in [-0.2, 0) is 0 Å². The first kappa shape index (κ1) is 17.1. The molecule has 23 heavy (non-hydrogen) atoms. The minimum absolute atomic E-state index is 0.105. The first-order chi connectivity index (χ1) is 11.0. The molecule has 0 spiro atoms. The second-order valence-corrected chi connectivity index (χ2v) is 5.36. The maximum atomic E-state index is 13.8. The lowest BCUT2D eigenvalue weighted by Crippen LogP contribution is -2.27. The summed E-state index contributed by atoms with van der Waals surface area (Å²) in [5, 5.41) is 3.03. The van der Waals surface area contributed by atoms with Crippen molar-refractivity contribution in [3.63, 3.8) is 0 Å². The third-order valence-electron chi connectivity index (χ3n) is 3.42. The topological polar surface area (TPSA) is 47.6 Å². The summed E-state index contributed by atoms with van der Waals surface area (Å²) in [4.78, 5) is 12.3. The van der Waals surface area contributed by atoms with Crippen LogP contribution in [0.2, 0.25) is 5.02 Å². The van der Waals surface area contributed by atoms with Gasteiger partial charge in [0.1, 0.15) is 17.3 Å². The minimum Gasteiger partial charge on any atom is -0.497 e. The molecule has 0 aliphatic heterocycles. The molecule has 0 bridgehead atoms. The Hall–Kier alpha value is -2.27. The summed E-state index contributed by atoms with van der Waals surface area (Å²) < 4.78 is 24.3. The van der Waals surface area contributed by atoms with Gasteiger partial charge in [-0.05, 0) is 43.3 Å². The highest BCUT2D eigenvalue weighted by Crippen LogP contribution is 2.29. The van der Waals surface area contributed by atoms with Crippen molar-refractivity contribution in [3.8, 4) is 11.5 Å². The molecule has 0 radical (unpaired) electrons. The molecule has 6 heteroatoms. The van der Waals surface area contributed by atoms with Gasteiger partial charge in [0.05, 0.1) is 25.8 Å². The molecule has 0 heterocycles. The summed E-state index contributed by atoms with van der Waals surface area (Å²) in [5.74, 6) is 0.0556. The largest absolute Gasteiger partial charge is 0.497 e. The zero-order valence-electron chi connectivity index (χ0n) is 13.0. The Morgan fingerprint density at radius 2 is 1.91 bits per heavy atom. The monoisotopic (exact) mass is 337 g/mol. The van der Waals surface area contributed by atoms with E-state index in [1.165, 1.54) is 19.2 Å². The number of amides is 1. The molecular formula is C17H17ClFNO3. The van der Waals surface area contributed by atoms with Crippen molar-refractivity contribution in [1.29, 1.82) is 0 Å². The van der Waals surface area contributed by atoms with Gasteiger partial charge in [-0.25, -0.2) is 4.39 Å². The van der Waals surface area contributed by atoms with Crippen molar-refractivity contribution >= 4 is 17.5 Å². The van der Waals surface area contributed by atoms with E-state index in [0.717, 1.165) is 11.6 Å². The van der Waals surface area contributed by atoms with Crippen molar-refractivity contribution in [3.05, 3.63) is 58.4 Å². The van der Waals surface area contributed by atoms with Crippen LogP contribution in [0.5, 0.6) is 11.5 Å². The number of carbonyl (C=O) groups excluding carboxylic acids is 1. The highest BCUT2D eigenvalue weighted by atomic mass is 35.5. The number of methoxy groups -OCH3 is 2. The molecule has 0 saturated heterocycles. The molecule has 1 amide bonds. The maximum Gasteiger partial charge on any atom is 0.254 e. The van der Waals surface area contributed by atoms with Crippen LogP contribution in [-0.4, -0.2) is 20.1 Å². The predicted molar refractivity (Wildman–Crippen MR) is 86.8 cm³/mol. The first-order valence-electron chi connectivity index (χ1n) is 6.94. The zero-order chi connectivity index (χ0) is 17.0. The number of hydrogen-bond donors (Lipinski definition) is 1. The van der Waals surface area contributed by atoms with Gasteiger partial charge >= 0.3 is 0 Å². The van der Waals surface area contributed by atoms with E-state index >= 15 is 0 Å². The molecular weight excluding hydrogens is 321 g/mol. The van der Waals surface area contributed by atoms with Crippen LogP contribution in [0.15, 0.2) is 36.4 Å². The van der Waals surface area contributed by atoms with Gasteiger partial charge in [0.2, 0.25) is 0 Å². The van der Waals surface area contributed by atoms with Crippen molar-refractivity contribution in [2.45, 2.75) is 13.0 Å². The summed E-state index contributed by atoms with van der Waals surface area (Å²) in [6, 6.07) is 8.70. The van der Waals surface area contributed by atoms with Crippen LogP contribution in [0.3, 0.4) is 0 Å². The van der Waals surface area contributed by atoms with E-state index in [1.807, 2.05) is 0 Å². The van der Waals surface area contributed by atoms with Gasteiger partial charge in [-0.3, -0.25) is 4.79 Å². The van der Waals surface area contributed by atoms with Crippen molar-refractivity contribution in [2.24, 2.45) is 0 Å². The molecule has 0 saturated carbocycles. The molecule has 0 aliphatic rings. The molecule has 1 atom stereocenters. The quantitative estimate of drug-likeness (QED) is 0.897. The Morgan fingerprint density at radius 1 is 1.17 bits per heavy atom. The molecule has 0 fully saturated rings. The van der Waals surface area contributed by atoms with Gasteiger partial charge in [-0.15, -0.1) is 0 Å². The van der Waals surface area contributed by atoms with E-state index in [-0.39, 0.29) is 5.56 Å². The summed E-state index contributed by atoms with van der Waals surface area (Å²) in [7, 11) is 3.09. The summed E-state index contributed by atoms with van der Waals surface area (Å²) >= 11 is 5.82. The maximum absolute atomic E-state index is 13.8. The van der Waals surface area contributed by atoms with Crippen LogP contribution < -0.4 is 14.8 Å². The molecule has 4 nitrogen and oxygen atoms in total. The number of halogens is 2. The average molecular weight is 338 g/mol. The van der Waals surface area contributed by atoms with Crippen molar-refractivity contribution < 1.29 is 18.7 Å². The molecule has 1 unspecified atom stereocenters. The second-order valence-electron chi connectivity index (χ2n) is 4.93. The Morgan fingerprint density at radius 3 is 2.57 bits per heavy atom. The summed E-state index contributed by atoms with van der Waals surface area (Å²) in [6.45, 7) is 1.78. The van der Waals surface area contributed by atoms with Crippen LogP contribution in [0.4, 0.5) is 4.39 Å². The fraction of sp³-hybridized carbons (Fsp3) is 0.235. The highest BCUT2D eigenvalue weighted by Gasteiger charge is 2.18. The number of nitrogens with one attached hydrogen (secondary N) is 1. The molecule has 1 N–H and O–H groups in total. The van der Waals surface area contributed by atoms with E-state index in [9.17, 15) is 9.18 Å². The lowest BCUT2D eigenvalue weighted by atomic mass is 10.1. The molecule has 0 aliphatic carbocycles. The van der Waals surface area contributed by atoms with Gasteiger partial charge in [0.25, 0.3) is 5.91 Å². The average Bonchev–Trinajstić information content (AvgIpc) is 2.56. The summed E-state index contributed by atoms with van der Waals surface area (Å²) in [6.07, 6.45) is 0. The third kappa shape index (κ3) is 3.93. The highest BCUT2D eigenvalue weighted by molar-refractivity contribution is 6.31. The molecule has 2 aromatic carbocycles. The van der Waals surface area contributed by atoms with E-state index in [4.69, 9.17) is 21.1 Å². The normalized spacial score (nSPS) is 11.7. The molecule has 0 aromatic heterocycles. The van der Waals surface area contributed by atoms with E-state index in [1.54, 1.807) is 32.2 Å². The van der Waals surface area contributed by atoms with Crippen LogP contribution in [0, 0.1) is 5.82 Å². The fourth-order valence-electron chi connectivity index (χ4n) is 2.20. The van der Waals surface area contributed by atoms with Gasteiger partial charge in [-0.1, -0.05) is 11.6 Å². The van der Waals surface area contributed by atoms with Gasteiger partial charge in [-0.2, -0.15) is 0 Å². The lowest BCUT2D eigenvalue weighted by Gasteiger charge is -2.18. The number of carbonyl (C=O) groups is 1. The molecule has 122 valence electrons. The second kappa shape index (κ2) is 7.33. The van der Waals surface area contributed by atoms with Gasteiger partial charge < -0.3 is 14.8 Å². The fourth-order valence-corrected chi connectivity index (χ4v) is 2.37. The Labute approximate surface area is 139 Å². The van der Waals surface area contributed by atoms with E-state index in [2.05, 4.69) is 5.32 Å². The number of benzene rings is 2. The van der Waals surface area contributed by atoms with Crippen LogP contribution in [0.25, 0.3) is 0 Å². The summed E-state index contributed by atoms with van der Waals surface area (Å²) in [5.41, 5.74) is 0.619. The predicted octanol–water partition coefficient (Wildman–Crippen LogP) is 3.99. The van der Waals surface area contributed by atoms with Crippen LogP contribution >= 0.6 is 11.6 Å². The zero-order valence-corrected chi connectivity index (χ0v) is 13.8. The van der Waals surface area contributed by atoms with E-state index in [0.29, 0.717) is 16.5 Å². The van der Waals surface area contributed by atoms with E-state index < -0.39 is 17.8 Å². The smallest absolute Gasteiger partial charge is 0.254 e. The van der Waals surface area contributed by atoms with Crippen LogP contribution in [0.1, 0.15) is 28.9 Å². The standard InChI is InChI=1S/C17H17ClFNO3/c1-10(13-9-12(22-2)5-7-16(13)23-3)20-17(21)14-8-11(18)4-6-15(14)19/h4-10H,1-3H3,(H,20,21). The third-order valence-corrected chi connectivity index (χ3v) is 3.66. The van der Waals surface area contributed by atoms with Crippen molar-refractivity contribution in [1.82, 2.24) is 5.32 Å². The number of ether oxygens (including phenoxy) is 2. The molecule has 2 rings (SSSR count). The SMILES string of the molecule is COc1ccc(OC)c(C(C)NC(=O)c2cc(Cl)ccc2F)c1. The Bertz CT molecular complexity index is 721. The lowest BCUT2D eigenvalue weighted by molar-refractivity contribution is 0.0935. The Kier molecular flexibility index (Phi) is 5.45. The number of rotatable bonds is 5. The Balaban J connectivity index is 2.26.